The maximum absolute atomic E-state index is 13.1. The molecule has 2 aliphatic rings. The molecule has 2 fully saturated rings. The summed E-state index contributed by atoms with van der Waals surface area (Å²) in [5, 5.41) is 3.20. The van der Waals surface area contributed by atoms with Gasteiger partial charge < -0.3 is 10.2 Å². The molecule has 2 N–H and O–H groups in total. The van der Waals surface area contributed by atoms with Gasteiger partial charge in [-0.2, -0.15) is 0 Å². The van der Waals surface area contributed by atoms with E-state index in [0.29, 0.717) is 29.9 Å². The highest BCUT2D eigenvalue weighted by Crippen LogP contribution is 2.24. The molecule has 2 amide bonds. The number of carbonyl (C=O) groups excluding carboxylic acids is 2. The van der Waals surface area contributed by atoms with Crippen molar-refractivity contribution in [2.75, 3.05) is 17.8 Å². The van der Waals surface area contributed by atoms with E-state index in [9.17, 15) is 18.0 Å². The molecule has 8 heteroatoms. The zero-order chi connectivity index (χ0) is 25.0. The topological polar surface area (TPSA) is 95.6 Å². The first-order valence-corrected chi connectivity index (χ1v) is 14.0. The van der Waals surface area contributed by atoms with E-state index in [0.717, 1.165) is 44.1 Å². The molecule has 35 heavy (non-hydrogen) atoms. The molecule has 0 aromatic heterocycles. The van der Waals surface area contributed by atoms with Crippen molar-refractivity contribution in [3.8, 4) is 0 Å². The molecule has 1 aliphatic carbocycles. The van der Waals surface area contributed by atoms with Crippen molar-refractivity contribution in [2.45, 2.75) is 69.7 Å². The van der Waals surface area contributed by atoms with Gasteiger partial charge in [0, 0.05) is 30.4 Å². The van der Waals surface area contributed by atoms with Crippen LogP contribution in [0.4, 0.5) is 5.69 Å². The predicted octanol–water partition coefficient (Wildman–Crippen LogP) is 4.41. The van der Waals surface area contributed by atoms with E-state index in [1.54, 1.807) is 48.2 Å². The quantitative estimate of drug-likeness (QED) is 0.618. The summed E-state index contributed by atoms with van der Waals surface area (Å²) in [6, 6.07) is 12.0. The number of amides is 2. The van der Waals surface area contributed by atoms with Gasteiger partial charge in [-0.15, -0.1) is 0 Å². The molecule has 188 valence electrons. The van der Waals surface area contributed by atoms with Gasteiger partial charge in [0.25, 0.3) is 15.9 Å². The largest absolute Gasteiger partial charge is 0.353 e. The minimum absolute atomic E-state index is 0.0607. The molecule has 0 radical (unpaired) electrons. The number of anilines is 1. The second kappa shape index (κ2) is 10.8. The van der Waals surface area contributed by atoms with Crippen molar-refractivity contribution in [3.05, 3.63) is 59.2 Å². The van der Waals surface area contributed by atoms with E-state index < -0.39 is 10.0 Å². The zero-order valence-electron chi connectivity index (χ0n) is 20.5. The average Bonchev–Trinajstić information content (AvgIpc) is 2.86. The summed E-state index contributed by atoms with van der Waals surface area (Å²) >= 11 is 0. The molecular formula is C27H35N3O4S. The molecule has 4 rings (SSSR count). The Balaban J connectivity index is 1.38. The van der Waals surface area contributed by atoms with Gasteiger partial charge in [-0.25, -0.2) is 8.42 Å². The van der Waals surface area contributed by atoms with Gasteiger partial charge in [-0.05, 0) is 81.0 Å². The Morgan fingerprint density at radius 3 is 2.34 bits per heavy atom. The van der Waals surface area contributed by atoms with Crippen molar-refractivity contribution in [1.82, 2.24) is 10.2 Å². The standard InChI is InChI=1S/C27H35N3O4S/c1-19-10-11-20(2)25(17-19)35(33,34)29-24-14-12-21(13-15-24)27(32)30-16-6-7-22(18-30)26(31)28-23-8-4-3-5-9-23/h10-15,17,22-23,29H,3-9,16,18H2,1-2H3,(H,28,31). The van der Waals surface area contributed by atoms with Crippen LogP contribution in [0, 0.1) is 19.8 Å². The van der Waals surface area contributed by atoms with Crippen LogP contribution in [0.15, 0.2) is 47.4 Å². The molecule has 1 heterocycles. The number of nitrogens with one attached hydrogen (secondary N) is 2. The normalized spacial score (nSPS) is 19.3. The maximum Gasteiger partial charge on any atom is 0.262 e. The van der Waals surface area contributed by atoms with Crippen LogP contribution in [-0.2, 0) is 14.8 Å². The molecular weight excluding hydrogens is 462 g/mol. The van der Waals surface area contributed by atoms with Crippen molar-refractivity contribution in [1.29, 1.82) is 0 Å². The van der Waals surface area contributed by atoms with Crippen molar-refractivity contribution < 1.29 is 18.0 Å². The lowest BCUT2D eigenvalue weighted by Crippen LogP contribution is -2.47. The molecule has 0 bridgehead atoms. The fourth-order valence-corrected chi connectivity index (χ4v) is 6.40. The summed E-state index contributed by atoms with van der Waals surface area (Å²) in [6.45, 7) is 4.65. The van der Waals surface area contributed by atoms with E-state index in [-0.39, 0.29) is 28.7 Å². The van der Waals surface area contributed by atoms with Gasteiger partial charge >= 0.3 is 0 Å². The highest BCUT2D eigenvalue weighted by molar-refractivity contribution is 7.92. The number of sulfonamides is 1. The Kier molecular flexibility index (Phi) is 7.79. The van der Waals surface area contributed by atoms with Gasteiger partial charge in [-0.1, -0.05) is 31.4 Å². The molecule has 1 saturated heterocycles. The van der Waals surface area contributed by atoms with Gasteiger partial charge in [0.2, 0.25) is 5.91 Å². The minimum Gasteiger partial charge on any atom is -0.353 e. The van der Waals surface area contributed by atoms with Crippen molar-refractivity contribution in [3.63, 3.8) is 0 Å². The van der Waals surface area contributed by atoms with Crippen LogP contribution in [0.5, 0.6) is 0 Å². The van der Waals surface area contributed by atoms with Crippen LogP contribution in [0.25, 0.3) is 0 Å². The van der Waals surface area contributed by atoms with E-state index in [1.807, 2.05) is 13.0 Å². The lowest BCUT2D eigenvalue weighted by Gasteiger charge is -2.33. The number of rotatable bonds is 6. The first-order valence-electron chi connectivity index (χ1n) is 12.5. The number of carbonyl (C=O) groups is 2. The lowest BCUT2D eigenvalue weighted by atomic mass is 9.93. The number of hydrogen-bond donors (Lipinski definition) is 2. The number of hydrogen-bond acceptors (Lipinski definition) is 4. The molecule has 1 saturated carbocycles. The Hall–Kier alpha value is -2.87. The summed E-state index contributed by atoms with van der Waals surface area (Å²) in [6.07, 6.45) is 7.24. The lowest BCUT2D eigenvalue weighted by molar-refractivity contribution is -0.127. The Labute approximate surface area is 208 Å². The summed E-state index contributed by atoms with van der Waals surface area (Å²) in [5.41, 5.74) is 2.41. The molecule has 1 aliphatic heterocycles. The highest BCUT2D eigenvalue weighted by Gasteiger charge is 2.30. The Morgan fingerprint density at radius 1 is 0.914 bits per heavy atom. The SMILES string of the molecule is Cc1ccc(C)c(S(=O)(=O)Nc2ccc(C(=O)N3CCCC(C(=O)NC4CCCCC4)C3)cc2)c1. The van der Waals surface area contributed by atoms with Crippen molar-refractivity contribution in [2.24, 2.45) is 5.92 Å². The van der Waals surface area contributed by atoms with Gasteiger partial charge in [0.1, 0.15) is 0 Å². The van der Waals surface area contributed by atoms with E-state index >= 15 is 0 Å². The van der Waals surface area contributed by atoms with Crippen LogP contribution >= 0.6 is 0 Å². The van der Waals surface area contributed by atoms with Gasteiger partial charge in [0.15, 0.2) is 0 Å². The fourth-order valence-electron chi connectivity index (χ4n) is 5.01. The molecule has 2 aromatic carbocycles. The van der Waals surface area contributed by atoms with Crippen molar-refractivity contribution >= 4 is 27.5 Å². The predicted molar refractivity (Wildman–Crippen MR) is 137 cm³/mol. The summed E-state index contributed by atoms with van der Waals surface area (Å²) < 4.78 is 28.3. The zero-order valence-corrected chi connectivity index (χ0v) is 21.4. The Morgan fingerprint density at radius 2 is 1.63 bits per heavy atom. The second-order valence-corrected chi connectivity index (χ2v) is 11.5. The number of likely N-dealkylation sites (tertiary alicyclic amines) is 1. The Bertz CT molecular complexity index is 1170. The number of piperidine rings is 1. The van der Waals surface area contributed by atoms with Crippen LogP contribution in [-0.4, -0.2) is 44.3 Å². The van der Waals surface area contributed by atoms with Crippen LogP contribution in [0.3, 0.4) is 0 Å². The number of nitrogens with zero attached hydrogens (tertiary/aromatic N) is 1. The molecule has 2 aromatic rings. The van der Waals surface area contributed by atoms with Crippen LogP contribution in [0.2, 0.25) is 0 Å². The minimum atomic E-state index is -3.74. The molecule has 0 spiro atoms. The van der Waals surface area contributed by atoms with Crippen LogP contribution in [0.1, 0.15) is 66.4 Å². The second-order valence-electron chi connectivity index (χ2n) is 9.89. The highest BCUT2D eigenvalue weighted by atomic mass is 32.2. The third-order valence-corrected chi connectivity index (χ3v) is 8.57. The average molecular weight is 498 g/mol. The van der Waals surface area contributed by atoms with E-state index in [2.05, 4.69) is 10.0 Å². The van der Waals surface area contributed by atoms with Crippen LogP contribution < -0.4 is 10.0 Å². The maximum atomic E-state index is 13.1. The van der Waals surface area contributed by atoms with Gasteiger partial charge in [-0.3, -0.25) is 14.3 Å². The molecule has 1 unspecified atom stereocenters. The summed E-state index contributed by atoms with van der Waals surface area (Å²) in [7, 11) is -3.74. The molecule has 1 atom stereocenters. The monoisotopic (exact) mass is 497 g/mol. The number of aryl methyl sites for hydroxylation is 2. The fraction of sp³-hybridized carbons (Fsp3) is 0.481. The van der Waals surface area contributed by atoms with E-state index in [1.165, 1.54) is 6.42 Å². The summed E-state index contributed by atoms with van der Waals surface area (Å²) in [4.78, 5) is 27.9. The van der Waals surface area contributed by atoms with E-state index in [4.69, 9.17) is 0 Å². The van der Waals surface area contributed by atoms with Gasteiger partial charge in [0.05, 0.1) is 10.8 Å². The third kappa shape index (κ3) is 6.23. The third-order valence-electron chi connectivity index (χ3n) is 7.05. The molecule has 7 nitrogen and oxygen atoms in total. The number of benzene rings is 2. The first kappa shape index (κ1) is 25.2. The first-order chi connectivity index (χ1) is 16.7. The summed E-state index contributed by atoms with van der Waals surface area (Å²) in [5.74, 6) is -0.257. The smallest absolute Gasteiger partial charge is 0.262 e.